The van der Waals surface area contributed by atoms with Crippen molar-refractivity contribution in [2.75, 3.05) is 19.0 Å². The molecule has 0 saturated carbocycles. The second kappa shape index (κ2) is 3.79. The van der Waals surface area contributed by atoms with Crippen molar-refractivity contribution in [3.05, 3.63) is 35.2 Å². The standard InChI is InChI=1S/C10H10N2O2/c1-11-8-4-7(10(13)14)5-9(6-8)12(2)3/h4-6H,2-3H3,(H,13,14). The van der Waals surface area contributed by atoms with Crippen LogP contribution in [0.15, 0.2) is 18.2 Å². The number of carbonyl (C=O) groups is 1. The normalized spacial score (nSPS) is 9.21. The maximum absolute atomic E-state index is 10.7. The summed E-state index contributed by atoms with van der Waals surface area (Å²) in [6.45, 7) is 6.83. The zero-order chi connectivity index (χ0) is 10.7. The van der Waals surface area contributed by atoms with Gasteiger partial charge in [-0.05, 0) is 18.2 Å². The third-order valence-corrected chi connectivity index (χ3v) is 1.79. The zero-order valence-electron chi connectivity index (χ0n) is 7.98. The van der Waals surface area contributed by atoms with Crippen LogP contribution in [0.3, 0.4) is 0 Å². The largest absolute Gasteiger partial charge is 0.478 e. The van der Waals surface area contributed by atoms with Crippen LogP contribution < -0.4 is 4.90 Å². The van der Waals surface area contributed by atoms with Crippen molar-refractivity contribution >= 4 is 17.3 Å². The van der Waals surface area contributed by atoms with Crippen LogP contribution in [-0.2, 0) is 0 Å². The van der Waals surface area contributed by atoms with Crippen molar-refractivity contribution in [2.24, 2.45) is 0 Å². The maximum Gasteiger partial charge on any atom is 0.334 e. The first-order valence-electron chi connectivity index (χ1n) is 3.98. The summed E-state index contributed by atoms with van der Waals surface area (Å²) >= 11 is 0. The first-order chi connectivity index (χ1) is 6.54. The fraction of sp³-hybridized carbons (Fsp3) is 0.200. The Morgan fingerprint density at radius 3 is 2.50 bits per heavy atom. The van der Waals surface area contributed by atoms with Gasteiger partial charge in [-0.1, -0.05) is 0 Å². The van der Waals surface area contributed by atoms with E-state index in [0.29, 0.717) is 5.69 Å². The fourth-order valence-corrected chi connectivity index (χ4v) is 1.04. The predicted octanol–water partition coefficient (Wildman–Crippen LogP) is 2.00. The first-order valence-corrected chi connectivity index (χ1v) is 3.98. The Bertz CT molecular complexity index is 405. The topological polar surface area (TPSA) is 44.9 Å². The molecule has 0 saturated heterocycles. The van der Waals surface area contributed by atoms with Crippen molar-refractivity contribution in [1.82, 2.24) is 0 Å². The number of anilines is 1. The number of carboxylic acids is 1. The quantitative estimate of drug-likeness (QED) is 0.725. The molecule has 1 aromatic rings. The van der Waals surface area contributed by atoms with Gasteiger partial charge < -0.3 is 10.0 Å². The Hall–Kier alpha value is -2.02. The molecule has 0 aliphatic rings. The van der Waals surface area contributed by atoms with Crippen molar-refractivity contribution in [2.45, 2.75) is 0 Å². The van der Waals surface area contributed by atoms with Crippen molar-refractivity contribution in [1.29, 1.82) is 0 Å². The molecule has 0 aliphatic heterocycles. The van der Waals surface area contributed by atoms with E-state index in [1.54, 1.807) is 25.1 Å². The molecule has 0 fully saturated rings. The molecule has 0 unspecified atom stereocenters. The SMILES string of the molecule is [C-]#[N+]c1cc(C(=O)O)cc(N(C)C)c1. The summed E-state index contributed by atoms with van der Waals surface area (Å²) in [6.07, 6.45) is 0. The molecule has 72 valence electrons. The lowest BCUT2D eigenvalue weighted by molar-refractivity contribution is 0.0697. The Balaban J connectivity index is 3.29. The van der Waals surface area contributed by atoms with Crippen molar-refractivity contribution in [3.8, 4) is 0 Å². The van der Waals surface area contributed by atoms with Crippen LogP contribution in [0.2, 0.25) is 0 Å². The van der Waals surface area contributed by atoms with Gasteiger partial charge in [0.05, 0.1) is 12.1 Å². The number of hydrogen-bond acceptors (Lipinski definition) is 2. The number of rotatable bonds is 2. The predicted molar refractivity (Wildman–Crippen MR) is 54.0 cm³/mol. The molecule has 4 heteroatoms. The lowest BCUT2D eigenvalue weighted by Gasteiger charge is -2.13. The summed E-state index contributed by atoms with van der Waals surface area (Å²) in [5.41, 5.74) is 1.20. The molecule has 0 aromatic heterocycles. The smallest absolute Gasteiger partial charge is 0.334 e. The van der Waals surface area contributed by atoms with Gasteiger partial charge in [0.2, 0.25) is 0 Å². The lowest BCUT2D eigenvalue weighted by Crippen LogP contribution is -2.09. The molecule has 4 nitrogen and oxygen atoms in total. The van der Waals surface area contributed by atoms with Crippen molar-refractivity contribution in [3.63, 3.8) is 0 Å². The molecule has 1 N–H and O–H groups in total. The molecule has 0 amide bonds. The van der Waals surface area contributed by atoms with Gasteiger partial charge >= 0.3 is 5.97 Å². The van der Waals surface area contributed by atoms with Gasteiger partial charge in [-0.3, -0.25) is 0 Å². The second-order valence-corrected chi connectivity index (χ2v) is 3.05. The molecular formula is C10H10N2O2. The highest BCUT2D eigenvalue weighted by atomic mass is 16.4. The highest BCUT2D eigenvalue weighted by molar-refractivity contribution is 5.90. The molecule has 1 aromatic carbocycles. The van der Waals surface area contributed by atoms with Crippen LogP contribution in [-0.4, -0.2) is 25.2 Å². The Morgan fingerprint density at radius 1 is 1.43 bits per heavy atom. The summed E-state index contributed by atoms with van der Waals surface area (Å²) in [5, 5.41) is 8.79. The molecule has 1 rings (SSSR count). The maximum atomic E-state index is 10.7. The van der Waals surface area contributed by atoms with Gasteiger partial charge in [0.25, 0.3) is 0 Å². The van der Waals surface area contributed by atoms with Crippen LogP contribution in [0.4, 0.5) is 11.4 Å². The number of carboxylic acid groups (broad SMARTS) is 1. The summed E-state index contributed by atoms with van der Waals surface area (Å²) < 4.78 is 0. The fourth-order valence-electron chi connectivity index (χ4n) is 1.04. The summed E-state index contributed by atoms with van der Waals surface area (Å²) in [4.78, 5) is 15.7. The molecule has 0 radical (unpaired) electrons. The Morgan fingerprint density at radius 2 is 2.07 bits per heavy atom. The van der Waals surface area contributed by atoms with Crippen LogP contribution in [0.25, 0.3) is 4.85 Å². The Labute approximate surface area is 82.2 Å². The number of benzene rings is 1. The highest BCUT2D eigenvalue weighted by Crippen LogP contribution is 2.23. The Kier molecular flexibility index (Phi) is 2.73. The van der Waals surface area contributed by atoms with Crippen molar-refractivity contribution < 1.29 is 9.90 Å². The average molecular weight is 190 g/mol. The third kappa shape index (κ3) is 2.02. The van der Waals surface area contributed by atoms with E-state index in [4.69, 9.17) is 11.7 Å². The number of hydrogen-bond donors (Lipinski definition) is 1. The number of nitrogens with zero attached hydrogens (tertiary/aromatic N) is 2. The van der Waals surface area contributed by atoms with Crippen LogP contribution in [0.5, 0.6) is 0 Å². The van der Waals surface area contributed by atoms with E-state index in [-0.39, 0.29) is 5.56 Å². The minimum Gasteiger partial charge on any atom is -0.478 e. The molecular weight excluding hydrogens is 180 g/mol. The summed E-state index contributed by atoms with van der Waals surface area (Å²) in [7, 11) is 3.60. The van der Waals surface area contributed by atoms with E-state index in [1.165, 1.54) is 12.1 Å². The van der Waals surface area contributed by atoms with Crippen LogP contribution >= 0.6 is 0 Å². The monoisotopic (exact) mass is 190 g/mol. The molecule has 0 bridgehead atoms. The van der Waals surface area contributed by atoms with Gasteiger partial charge in [-0.15, -0.1) is 0 Å². The van der Waals surface area contributed by atoms with E-state index < -0.39 is 5.97 Å². The minimum absolute atomic E-state index is 0.141. The van der Waals surface area contributed by atoms with Gasteiger partial charge in [0, 0.05) is 19.8 Å². The number of aromatic carboxylic acids is 1. The van der Waals surface area contributed by atoms with E-state index >= 15 is 0 Å². The lowest BCUT2D eigenvalue weighted by atomic mass is 10.1. The molecule has 0 spiro atoms. The molecule has 0 atom stereocenters. The zero-order valence-corrected chi connectivity index (χ0v) is 7.98. The van der Waals surface area contributed by atoms with Gasteiger partial charge in [0.15, 0.2) is 5.69 Å². The van der Waals surface area contributed by atoms with Gasteiger partial charge in [-0.2, -0.15) is 0 Å². The highest BCUT2D eigenvalue weighted by Gasteiger charge is 2.07. The van der Waals surface area contributed by atoms with Gasteiger partial charge in [0.1, 0.15) is 0 Å². The summed E-state index contributed by atoms with van der Waals surface area (Å²) in [6, 6.07) is 4.55. The van der Waals surface area contributed by atoms with E-state index in [9.17, 15) is 4.79 Å². The first kappa shape index (κ1) is 10.1. The van der Waals surface area contributed by atoms with Crippen LogP contribution in [0.1, 0.15) is 10.4 Å². The molecule has 14 heavy (non-hydrogen) atoms. The molecule has 0 heterocycles. The third-order valence-electron chi connectivity index (χ3n) is 1.79. The molecule has 0 aliphatic carbocycles. The average Bonchev–Trinajstić information content (AvgIpc) is 2.16. The second-order valence-electron chi connectivity index (χ2n) is 3.05. The van der Waals surface area contributed by atoms with Gasteiger partial charge in [-0.25, -0.2) is 9.64 Å². The van der Waals surface area contributed by atoms with E-state index in [1.807, 2.05) is 0 Å². The van der Waals surface area contributed by atoms with Crippen LogP contribution in [0, 0.1) is 6.57 Å². The minimum atomic E-state index is -1.02. The summed E-state index contributed by atoms with van der Waals surface area (Å²) in [5.74, 6) is -1.02. The van der Waals surface area contributed by atoms with E-state index in [2.05, 4.69) is 4.85 Å². The van der Waals surface area contributed by atoms with E-state index in [0.717, 1.165) is 5.69 Å².